The van der Waals surface area contributed by atoms with E-state index in [4.69, 9.17) is 4.55 Å². The quantitative estimate of drug-likeness (QED) is 0.828. The number of nitrogens with zero attached hydrogens (tertiary/aromatic N) is 2. The van der Waals surface area contributed by atoms with Gasteiger partial charge in [-0.25, -0.2) is 4.21 Å². The van der Waals surface area contributed by atoms with Crippen LogP contribution in [0.4, 0.5) is 13.2 Å². The summed E-state index contributed by atoms with van der Waals surface area (Å²) in [4.78, 5) is 10.5. The van der Waals surface area contributed by atoms with Gasteiger partial charge in [-0.3, -0.25) is 9.48 Å². The van der Waals surface area contributed by atoms with Crippen LogP contribution in [0.25, 0.3) is 11.1 Å². The molecule has 0 spiro atoms. The first kappa shape index (κ1) is 17.2. The average molecular weight is 347 g/mol. The number of likely N-dealkylation sites (N-methyl/N-ethyl adjacent to an activating group) is 1. The minimum absolute atomic E-state index is 0.0681. The van der Waals surface area contributed by atoms with Crippen LogP contribution in [0.3, 0.4) is 0 Å². The molecule has 1 aromatic heterocycles. The largest absolute Gasteiger partial charge is 0.417 e. The van der Waals surface area contributed by atoms with E-state index in [-0.39, 0.29) is 18.0 Å². The fourth-order valence-corrected chi connectivity index (χ4v) is 2.46. The molecule has 124 valence electrons. The van der Waals surface area contributed by atoms with Crippen LogP contribution in [0, 0.1) is 0 Å². The van der Waals surface area contributed by atoms with Crippen molar-refractivity contribution in [3.63, 3.8) is 0 Å². The Balaban J connectivity index is 2.41. The Morgan fingerprint density at radius 3 is 2.65 bits per heavy atom. The maximum Gasteiger partial charge on any atom is 0.417 e. The molecule has 1 atom stereocenters. The maximum atomic E-state index is 13.0. The minimum Gasteiger partial charge on any atom is -0.358 e. The van der Waals surface area contributed by atoms with E-state index in [0.29, 0.717) is 5.56 Å². The molecule has 0 bridgehead atoms. The second-order valence-electron chi connectivity index (χ2n) is 4.56. The van der Waals surface area contributed by atoms with Crippen LogP contribution in [-0.4, -0.2) is 31.5 Å². The topological polar surface area (TPSA) is 84.2 Å². The number of aromatic nitrogens is 2. The molecule has 0 aliphatic rings. The Bertz CT molecular complexity index is 758. The SMILES string of the molecule is CNC(=O)Cn1cc(-c2ccc(S(=O)O)c(C(F)(F)F)c2)cn1. The Morgan fingerprint density at radius 1 is 1.39 bits per heavy atom. The van der Waals surface area contributed by atoms with E-state index in [1.807, 2.05) is 0 Å². The van der Waals surface area contributed by atoms with Crippen LogP contribution in [-0.2, 0) is 28.6 Å². The van der Waals surface area contributed by atoms with Gasteiger partial charge in [0.1, 0.15) is 6.54 Å². The molecule has 0 saturated carbocycles. The summed E-state index contributed by atoms with van der Waals surface area (Å²) in [5, 5.41) is 6.30. The van der Waals surface area contributed by atoms with Crippen molar-refractivity contribution >= 4 is 17.0 Å². The molecule has 0 aliphatic carbocycles. The zero-order valence-electron chi connectivity index (χ0n) is 11.8. The van der Waals surface area contributed by atoms with Crippen molar-refractivity contribution in [2.24, 2.45) is 0 Å². The highest BCUT2D eigenvalue weighted by Gasteiger charge is 2.35. The number of halogens is 3. The molecule has 0 saturated heterocycles. The molecule has 0 aliphatic heterocycles. The molecular weight excluding hydrogens is 335 g/mol. The van der Waals surface area contributed by atoms with E-state index >= 15 is 0 Å². The maximum absolute atomic E-state index is 13.0. The number of carbonyl (C=O) groups excluding carboxylic acids is 1. The molecule has 23 heavy (non-hydrogen) atoms. The molecule has 2 rings (SSSR count). The summed E-state index contributed by atoms with van der Waals surface area (Å²) in [6.45, 7) is -0.0681. The Labute approximate surface area is 131 Å². The van der Waals surface area contributed by atoms with E-state index in [9.17, 15) is 22.2 Å². The predicted molar refractivity (Wildman–Crippen MR) is 75.8 cm³/mol. The van der Waals surface area contributed by atoms with E-state index in [1.54, 1.807) is 0 Å². The van der Waals surface area contributed by atoms with Crippen molar-refractivity contribution in [1.82, 2.24) is 15.1 Å². The van der Waals surface area contributed by atoms with Crippen LogP contribution in [0.15, 0.2) is 35.5 Å². The highest BCUT2D eigenvalue weighted by molar-refractivity contribution is 7.79. The van der Waals surface area contributed by atoms with Crippen LogP contribution >= 0.6 is 0 Å². The Morgan fingerprint density at radius 2 is 2.09 bits per heavy atom. The van der Waals surface area contributed by atoms with Gasteiger partial charge in [0.05, 0.1) is 16.7 Å². The molecule has 6 nitrogen and oxygen atoms in total. The molecule has 2 aromatic rings. The summed E-state index contributed by atoms with van der Waals surface area (Å²) in [5.74, 6) is -0.304. The first-order valence-electron chi connectivity index (χ1n) is 6.28. The summed E-state index contributed by atoms with van der Waals surface area (Å²) in [7, 11) is 1.45. The van der Waals surface area contributed by atoms with Crippen molar-refractivity contribution in [2.75, 3.05) is 7.05 Å². The van der Waals surface area contributed by atoms with Crippen molar-refractivity contribution in [3.8, 4) is 11.1 Å². The molecule has 1 amide bonds. The zero-order valence-corrected chi connectivity index (χ0v) is 12.6. The third-order valence-corrected chi connectivity index (χ3v) is 3.76. The normalized spacial score (nSPS) is 12.9. The number of amides is 1. The van der Waals surface area contributed by atoms with Gasteiger partial charge in [0.15, 0.2) is 11.1 Å². The predicted octanol–water partition coefficient (Wildman–Crippen LogP) is 1.90. The average Bonchev–Trinajstić information content (AvgIpc) is 2.94. The fourth-order valence-electron chi connectivity index (χ4n) is 1.91. The molecule has 1 unspecified atom stereocenters. The summed E-state index contributed by atoms with van der Waals surface area (Å²) in [6.07, 6.45) is -2.03. The van der Waals surface area contributed by atoms with Crippen molar-refractivity contribution < 1.29 is 26.7 Å². The van der Waals surface area contributed by atoms with Crippen molar-refractivity contribution in [3.05, 3.63) is 36.2 Å². The molecule has 1 heterocycles. The smallest absolute Gasteiger partial charge is 0.358 e. The molecule has 10 heteroatoms. The highest BCUT2D eigenvalue weighted by Crippen LogP contribution is 2.36. The fraction of sp³-hybridized carbons (Fsp3) is 0.231. The molecule has 0 radical (unpaired) electrons. The highest BCUT2D eigenvalue weighted by atomic mass is 32.2. The van der Waals surface area contributed by atoms with Gasteiger partial charge in [-0.15, -0.1) is 0 Å². The van der Waals surface area contributed by atoms with Crippen LogP contribution < -0.4 is 5.32 Å². The summed E-state index contributed by atoms with van der Waals surface area (Å²) in [5.41, 5.74) is -0.653. The second kappa shape index (κ2) is 6.50. The number of rotatable bonds is 4. The van der Waals surface area contributed by atoms with E-state index in [0.717, 1.165) is 12.1 Å². The first-order chi connectivity index (χ1) is 10.7. The Hall–Kier alpha value is -2.20. The minimum atomic E-state index is -4.76. The monoisotopic (exact) mass is 347 g/mol. The lowest BCUT2D eigenvalue weighted by Gasteiger charge is -2.11. The van der Waals surface area contributed by atoms with E-state index in [1.165, 1.54) is 30.2 Å². The van der Waals surface area contributed by atoms with Crippen LogP contribution in [0.1, 0.15) is 5.56 Å². The first-order valence-corrected chi connectivity index (χ1v) is 7.38. The lowest BCUT2D eigenvalue weighted by atomic mass is 10.1. The number of hydrogen-bond donors (Lipinski definition) is 2. The molecule has 2 N–H and O–H groups in total. The van der Waals surface area contributed by atoms with E-state index < -0.39 is 27.7 Å². The van der Waals surface area contributed by atoms with Crippen LogP contribution in [0.5, 0.6) is 0 Å². The lowest BCUT2D eigenvalue weighted by molar-refractivity contribution is -0.139. The molecular formula is C13H12F3N3O3S. The summed E-state index contributed by atoms with van der Waals surface area (Å²) < 4.78 is 60.3. The number of nitrogens with one attached hydrogen (secondary N) is 1. The Kier molecular flexibility index (Phi) is 4.85. The lowest BCUT2D eigenvalue weighted by Crippen LogP contribution is -2.23. The van der Waals surface area contributed by atoms with Crippen molar-refractivity contribution in [1.29, 1.82) is 0 Å². The van der Waals surface area contributed by atoms with Gasteiger partial charge in [0.2, 0.25) is 5.91 Å². The third-order valence-electron chi connectivity index (χ3n) is 3.02. The van der Waals surface area contributed by atoms with Gasteiger partial charge < -0.3 is 9.87 Å². The molecule has 1 aromatic carbocycles. The van der Waals surface area contributed by atoms with E-state index in [2.05, 4.69) is 10.4 Å². The summed E-state index contributed by atoms with van der Waals surface area (Å²) in [6, 6.07) is 3.02. The van der Waals surface area contributed by atoms with Gasteiger partial charge in [0.25, 0.3) is 0 Å². The number of benzene rings is 1. The molecule has 0 fully saturated rings. The number of carbonyl (C=O) groups is 1. The number of alkyl halides is 3. The van der Waals surface area contributed by atoms with Gasteiger partial charge in [-0.05, 0) is 17.7 Å². The third kappa shape index (κ3) is 3.96. The number of hydrogen-bond acceptors (Lipinski definition) is 3. The summed E-state index contributed by atoms with van der Waals surface area (Å²) >= 11 is -2.75. The van der Waals surface area contributed by atoms with Gasteiger partial charge in [0, 0.05) is 18.8 Å². The standard InChI is InChI=1S/C13H12F3N3O3S/c1-17-12(20)7-19-6-9(5-18-19)8-2-3-11(23(21)22)10(4-8)13(14,15)16/h2-6H,7H2,1H3,(H,17,20)(H,21,22). The van der Waals surface area contributed by atoms with Gasteiger partial charge in [-0.2, -0.15) is 18.3 Å². The van der Waals surface area contributed by atoms with Crippen molar-refractivity contribution in [2.45, 2.75) is 17.6 Å². The zero-order chi connectivity index (χ0) is 17.2. The van der Waals surface area contributed by atoms with Gasteiger partial charge >= 0.3 is 6.18 Å². The van der Waals surface area contributed by atoms with Crippen LogP contribution in [0.2, 0.25) is 0 Å². The van der Waals surface area contributed by atoms with Gasteiger partial charge in [-0.1, -0.05) is 6.07 Å². The second-order valence-corrected chi connectivity index (χ2v) is 5.50.